The van der Waals surface area contributed by atoms with Gasteiger partial charge in [-0.2, -0.15) is 0 Å². The van der Waals surface area contributed by atoms with Crippen molar-refractivity contribution in [1.82, 2.24) is 9.97 Å². The van der Waals surface area contributed by atoms with Crippen LogP contribution in [-0.2, 0) is 4.74 Å². The van der Waals surface area contributed by atoms with E-state index < -0.39 is 5.97 Å². The van der Waals surface area contributed by atoms with Gasteiger partial charge >= 0.3 is 5.97 Å². The van der Waals surface area contributed by atoms with Crippen LogP contribution in [-0.4, -0.2) is 40.8 Å². The summed E-state index contributed by atoms with van der Waals surface area (Å²) in [7, 11) is 0. The molecule has 0 aliphatic carbocycles. The number of rotatable bonds is 4. The Morgan fingerprint density at radius 1 is 1.62 bits per heavy atom. The second kappa shape index (κ2) is 4.89. The van der Waals surface area contributed by atoms with E-state index in [0.29, 0.717) is 11.7 Å². The van der Waals surface area contributed by atoms with E-state index in [1.807, 2.05) is 0 Å². The molecule has 0 saturated carbocycles. The Balaban J connectivity index is 1.93. The van der Waals surface area contributed by atoms with Gasteiger partial charge in [-0.1, -0.05) is 0 Å². The lowest BCUT2D eigenvalue weighted by Gasteiger charge is -2.09. The zero-order valence-corrected chi connectivity index (χ0v) is 8.72. The van der Waals surface area contributed by atoms with Gasteiger partial charge in [0.2, 0.25) is 0 Å². The molecule has 0 radical (unpaired) electrons. The first-order chi connectivity index (χ1) is 7.75. The summed E-state index contributed by atoms with van der Waals surface area (Å²) in [5.74, 6) is -0.109. The van der Waals surface area contributed by atoms with Crippen molar-refractivity contribution in [2.24, 2.45) is 5.92 Å². The minimum atomic E-state index is -1.07. The molecule has 6 nitrogen and oxygen atoms in total. The predicted molar refractivity (Wildman–Crippen MR) is 56.4 cm³/mol. The highest BCUT2D eigenvalue weighted by Crippen LogP contribution is 2.13. The topological polar surface area (TPSA) is 84.3 Å². The van der Waals surface area contributed by atoms with Crippen LogP contribution in [0.4, 0.5) is 5.82 Å². The molecule has 0 aromatic carbocycles. The fraction of sp³-hybridized carbons (Fsp3) is 0.500. The molecule has 86 valence electrons. The number of hydrogen-bond acceptors (Lipinski definition) is 5. The second-order valence-corrected chi connectivity index (χ2v) is 3.71. The lowest BCUT2D eigenvalue weighted by Crippen LogP contribution is -2.15. The van der Waals surface area contributed by atoms with Crippen LogP contribution in [0.2, 0.25) is 0 Å². The van der Waals surface area contributed by atoms with Gasteiger partial charge in [-0.3, -0.25) is 4.98 Å². The Morgan fingerprint density at radius 3 is 3.19 bits per heavy atom. The number of nitrogens with one attached hydrogen (secondary N) is 1. The summed E-state index contributed by atoms with van der Waals surface area (Å²) in [6.45, 7) is 2.28. The molecule has 1 aromatic rings. The minimum Gasteiger partial charge on any atom is -0.476 e. The van der Waals surface area contributed by atoms with E-state index in [1.165, 1.54) is 12.4 Å². The van der Waals surface area contributed by atoms with Gasteiger partial charge < -0.3 is 15.2 Å². The van der Waals surface area contributed by atoms with Gasteiger partial charge in [-0.15, -0.1) is 0 Å². The maximum atomic E-state index is 10.7. The normalized spacial score (nSPS) is 19.6. The van der Waals surface area contributed by atoms with Crippen LogP contribution in [0.5, 0.6) is 0 Å². The third kappa shape index (κ3) is 2.66. The lowest BCUT2D eigenvalue weighted by molar-refractivity contribution is 0.0690. The summed E-state index contributed by atoms with van der Waals surface area (Å²) >= 11 is 0. The summed E-state index contributed by atoms with van der Waals surface area (Å²) in [5, 5.41) is 11.8. The van der Waals surface area contributed by atoms with Crippen molar-refractivity contribution in [3.05, 3.63) is 18.1 Å². The number of anilines is 1. The number of ether oxygens (including phenoxy) is 1. The first-order valence-corrected chi connectivity index (χ1v) is 5.12. The summed E-state index contributed by atoms with van der Waals surface area (Å²) in [4.78, 5) is 18.4. The van der Waals surface area contributed by atoms with E-state index in [-0.39, 0.29) is 5.69 Å². The Hall–Kier alpha value is -1.69. The van der Waals surface area contributed by atoms with Crippen LogP contribution >= 0.6 is 0 Å². The van der Waals surface area contributed by atoms with Crippen LogP contribution in [0.25, 0.3) is 0 Å². The van der Waals surface area contributed by atoms with E-state index in [1.54, 1.807) is 0 Å². The zero-order chi connectivity index (χ0) is 11.4. The average Bonchev–Trinajstić information content (AvgIpc) is 2.79. The van der Waals surface area contributed by atoms with E-state index >= 15 is 0 Å². The molecule has 1 aliphatic heterocycles. The highest BCUT2D eigenvalue weighted by Gasteiger charge is 2.15. The quantitative estimate of drug-likeness (QED) is 0.778. The number of carbonyl (C=O) groups is 1. The van der Waals surface area contributed by atoms with Crippen molar-refractivity contribution >= 4 is 11.8 Å². The summed E-state index contributed by atoms with van der Waals surface area (Å²) < 4.78 is 5.24. The molecule has 1 saturated heterocycles. The molecule has 1 unspecified atom stereocenters. The number of nitrogens with zero attached hydrogens (tertiary/aromatic N) is 2. The maximum absolute atomic E-state index is 10.7. The third-order valence-electron chi connectivity index (χ3n) is 2.45. The molecular formula is C10H13N3O3. The fourth-order valence-corrected chi connectivity index (χ4v) is 1.55. The minimum absolute atomic E-state index is 0.0485. The molecule has 1 aliphatic rings. The Labute approximate surface area is 92.7 Å². The molecule has 0 spiro atoms. The van der Waals surface area contributed by atoms with Crippen molar-refractivity contribution < 1.29 is 14.6 Å². The monoisotopic (exact) mass is 223 g/mol. The molecule has 2 heterocycles. The number of aromatic carboxylic acids is 1. The van der Waals surface area contributed by atoms with Gasteiger partial charge in [-0.25, -0.2) is 9.78 Å². The van der Waals surface area contributed by atoms with Crippen molar-refractivity contribution in [3.63, 3.8) is 0 Å². The standard InChI is InChI=1S/C10H13N3O3/c14-10(15)8-4-11-5-9(13-8)12-3-7-1-2-16-6-7/h4-5,7H,1-3,6H2,(H,12,13)(H,14,15). The van der Waals surface area contributed by atoms with Gasteiger partial charge in [0.05, 0.1) is 19.0 Å². The molecule has 16 heavy (non-hydrogen) atoms. The SMILES string of the molecule is O=C(O)c1cncc(NCC2CCOC2)n1. The van der Waals surface area contributed by atoms with Crippen LogP contribution in [0.3, 0.4) is 0 Å². The van der Waals surface area contributed by atoms with Crippen LogP contribution in [0, 0.1) is 5.92 Å². The van der Waals surface area contributed by atoms with Gasteiger partial charge in [0.15, 0.2) is 5.69 Å². The van der Waals surface area contributed by atoms with E-state index in [2.05, 4.69) is 15.3 Å². The summed E-state index contributed by atoms with van der Waals surface area (Å²) in [6, 6.07) is 0. The number of carboxylic acid groups (broad SMARTS) is 1. The summed E-state index contributed by atoms with van der Waals surface area (Å²) in [5.41, 5.74) is -0.0485. The molecule has 1 fully saturated rings. The molecule has 6 heteroatoms. The molecule has 1 atom stereocenters. The van der Waals surface area contributed by atoms with Gasteiger partial charge in [0, 0.05) is 19.1 Å². The highest BCUT2D eigenvalue weighted by atomic mass is 16.5. The fourth-order valence-electron chi connectivity index (χ4n) is 1.55. The Morgan fingerprint density at radius 2 is 2.50 bits per heavy atom. The molecule has 0 amide bonds. The second-order valence-electron chi connectivity index (χ2n) is 3.71. The van der Waals surface area contributed by atoms with E-state index in [0.717, 1.165) is 26.2 Å². The van der Waals surface area contributed by atoms with Crippen molar-refractivity contribution in [3.8, 4) is 0 Å². The molecule has 2 N–H and O–H groups in total. The van der Waals surface area contributed by atoms with Gasteiger partial charge in [0.25, 0.3) is 0 Å². The van der Waals surface area contributed by atoms with Crippen molar-refractivity contribution in [2.45, 2.75) is 6.42 Å². The van der Waals surface area contributed by atoms with Gasteiger partial charge in [0.1, 0.15) is 5.82 Å². The average molecular weight is 223 g/mol. The first-order valence-electron chi connectivity index (χ1n) is 5.12. The first kappa shape index (κ1) is 10.8. The number of aromatic nitrogens is 2. The van der Waals surface area contributed by atoms with Crippen molar-refractivity contribution in [1.29, 1.82) is 0 Å². The third-order valence-corrected chi connectivity index (χ3v) is 2.45. The van der Waals surface area contributed by atoms with Crippen molar-refractivity contribution in [2.75, 3.05) is 25.1 Å². The van der Waals surface area contributed by atoms with E-state index in [4.69, 9.17) is 9.84 Å². The van der Waals surface area contributed by atoms with E-state index in [9.17, 15) is 4.79 Å². The zero-order valence-electron chi connectivity index (χ0n) is 8.72. The van der Waals surface area contributed by atoms with Gasteiger partial charge in [-0.05, 0) is 6.42 Å². The number of carboxylic acids is 1. The Kier molecular flexibility index (Phi) is 3.31. The lowest BCUT2D eigenvalue weighted by atomic mass is 10.1. The number of hydrogen-bond donors (Lipinski definition) is 2. The largest absolute Gasteiger partial charge is 0.476 e. The predicted octanol–water partition coefficient (Wildman–Crippen LogP) is 0.623. The molecule has 0 bridgehead atoms. The summed E-state index contributed by atoms with van der Waals surface area (Å²) in [6.07, 6.45) is 3.77. The smallest absolute Gasteiger partial charge is 0.356 e. The molecule has 2 rings (SSSR count). The Bertz CT molecular complexity index is 377. The van der Waals surface area contributed by atoms with Crippen LogP contribution in [0.1, 0.15) is 16.9 Å². The van der Waals surface area contributed by atoms with Crippen LogP contribution in [0.15, 0.2) is 12.4 Å². The maximum Gasteiger partial charge on any atom is 0.356 e. The molecular weight excluding hydrogens is 210 g/mol. The van der Waals surface area contributed by atoms with Crippen LogP contribution < -0.4 is 5.32 Å². The molecule has 1 aromatic heterocycles. The highest BCUT2D eigenvalue weighted by molar-refractivity contribution is 5.85.